The van der Waals surface area contributed by atoms with E-state index in [1.54, 1.807) is 0 Å². The minimum absolute atomic E-state index is 0.639. The minimum atomic E-state index is 0.639. The Kier molecular flexibility index (Phi) is 4.71. The van der Waals surface area contributed by atoms with E-state index in [9.17, 15) is 0 Å². The number of pyridine rings is 1. The van der Waals surface area contributed by atoms with Crippen molar-refractivity contribution in [1.29, 1.82) is 0 Å². The van der Waals surface area contributed by atoms with Crippen molar-refractivity contribution in [2.24, 2.45) is 0 Å². The fourth-order valence-electron chi connectivity index (χ4n) is 2.36. The summed E-state index contributed by atoms with van der Waals surface area (Å²) in [7, 11) is 0. The summed E-state index contributed by atoms with van der Waals surface area (Å²) in [6, 6.07) is 11.4. The van der Waals surface area contributed by atoms with Crippen LogP contribution < -0.4 is 5.32 Å². The van der Waals surface area contributed by atoms with E-state index < -0.39 is 0 Å². The van der Waals surface area contributed by atoms with Gasteiger partial charge in [-0.25, -0.2) is 0 Å². The van der Waals surface area contributed by atoms with E-state index in [2.05, 4.69) is 48.4 Å². The molecule has 2 nitrogen and oxygen atoms in total. The van der Waals surface area contributed by atoms with Gasteiger partial charge >= 0.3 is 0 Å². The number of hydrogen-bond acceptors (Lipinski definition) is 2. The van der Waals surface area contributed by atoms with Crippen LogP contribution in [0.15, 0.2) is 36.5 Å². The third-order valence-electron chi connectivity index (χ3n) is 3.43. The second-order valence-corrected chi connectivity index (χ2v) is 4.73. The number of benzene rings is 1. The van der Waals surface area contributed by atoms with E-state index in [4.69, 9.17) is 0 Å². The van der Waals surface area contributed by atoms with Gasteiger partial charge in [-0.2, -0.15) is 0 Å². The van der Waals surface area contributed by atoms with Gasteiger partial charge in [0.25, 0.3) is 0 Å². The summed E-state index contributed by atoms with van der Waals surface area (Å²) < 4.78 is 0. The number of aromatic nitrogens is 1. The summed E-state index contributed by atoms with van der Waals surface area (Å²) in [4.78, 5) is 4.35. The molecule has 96 valence electrons. The summed E-state index contributed by atoms with van der Waals surface area (Å²) in [5.74, 6) is 0. The lowest BCUT2D eigenvalue weighted by molar-refractivity contribution is 0.481. The van der Waals surface area contributed by atoms with Crippen molar-refractivity contribution in [3.63, 3.8) is 0 Å². The van der Waals surface area contributed by atoms with Gasteiger partial charge in [-0.15, -0.1) is 0 Å². The SMILES string of the molecule is CCNC(CC)CCc1ccc2ncccc2c1. The quantitative estimate of drug-likeness (QED) is 0.838. The normalized spacial score (nSPS) is 12.8. The molecule has 0 radical (unpaired) electrons. The zero-order valence-electron chi connectivity index (χ0n) is 11.3. The molecule has 1 atom stereocenters. The maximum atomic E-state index is 4.35. The van der Waals surface area contributed by atoms with Crippen molar-refractivity contribution in [3.8, 4) is 0 Å². The third kappa shape index (κ3) is 3.30. The van der Waals surface area contributed by atoms with E-state index in [0.29, 0.717) is 6.04 Å². The maximum Gasteiger partial charge on any atom is 0.0702 e. The first-order valence-corrected chi connectivity index (χ1v) is 6.90. The monoisotopic (exact) mass is 242 g/mol. The van der Waals surface area contributed by atoms with Crippen molar-refractivity contribution in [2.45, 2.75) is 39.2 Å². The highest BCUT2D eigenvalue weighted by Gasteiger charge is 2.05. The summed E-state index contributed by atoms with van der Waals surface area (Å²) in [6.07, 6.45) is 5.38. The molecule has 1 aromatic heterocycles. The first-order chi connectivity index (χ1) is 8.83. The van der Waals surface area contributed by atoms with Crippen LogP contribution in [0.5, 0.6) is 0 Å². The summed E-state index contributed by atoms with van der Waals surface area (Å²) in [5.41, 5.74) is 2.49. The summed E-state index contributed by atoms with van der Waals surface area (Å²) in [5, 5.41) is 4.77. The molecule has 1 heterocycles. The van der Waals surface area contributed by atoms with Crippen LogP contribution in [-0.2, 0) is 6.42 Å². The molecule has 0 amide bonds. The molecule has 0 saturated heterocycles. The number of aryl methyl sites for hydroxylation is 1. The van der Waals surface area contributed by atoms with Gasteiger partial charge in [-0.1, -0.05) is 26.0 Å². The van der Waals surface area contributed by atoms with E-state index in [1.165, 1.54) is 23.8 Å². The van der Waals surface area contributed by atoms with E-state index >= 15 is 0 Å². The molecular weight excluding hydrogens is 220 g/mol. The molecule has 0 aliphatic rings. The Hall–Kier alpha value is -1.41. The Labute approximate surface area is 109 Å². The molecule has 0 aliphatic heterocycles. The van der Waals surface area contributed by atoms with Crippen molar-refractivity contribution >= 4 is 10.9 Å². The molecule has 18 heavy (non-hydrogen) atoms. The highest BCUT2D eigenvalue weighted by atomic mass is 14.9. The van der Waals surface area contributed by atoms with Crippen LogP contribution >= 0.6 is 0 Å². The van der Waals surface area contributed by atoms with Crippen LogP contribution in [-0.4, -0.2) is 17.6 Å². The maximum absolute atomic E-state index is 4.35. The second kappa shape index (κ2) is 6.50. The van der Waals surface area contributed by atoms with Crippen LogP contribution in [0.4, 0.5) is 0 Å². The first kappa shape index (κ1) is 13.0. The number of hydrogen-bond donors (Lipinski definition) is 1. The molecule has 0 spiro atoms. The lowest BCUT2D eigenvalue weighted by Gasteiger charge is -2.15. The second-order valence-electron chi connectivity index (χ2n) is 4.73. The molecule has 1 N–H and O–H groups in total. The van der Waals surface area contributed by atoms with Gasteiger partial charge in [0, 0.05) is 17.6 Å². The van der Waals surface area contributed by atoms with Crippen molar-refractivity contribution in [2.75, 3.05) is 6.54 Å². The highest BCUT2D eigenvalue weighted by Crippen LogP contribution is 2.15. The largest absolute Gasteiger partial charge is 0.314 e. The number of fused-ring (bicyclic) bond motifs is 1. The van der Waals surface area contributed by atoms with Crippen molar-refractivity contribution < 1.29 is 0 Å². The van der Waals surface area contributed by atoms with Gasteiger partial charge < -0.3 is 5.32 Å². The number of rotatable bonds is 6. The Morgan fingerprint density at radius 3 is 2.89 bits per heavy atom. The Balaban J connectivity index is 2.03. The molecule has 2 rings (SSSR count). The minimum Gasteiger partial charge on any atom is -0.314 e. The topological polar surface area (TPSA) is 24.9 Å². The third-order valence-corrected chi connectivity index (χ3v) is 3.43. The predicted molar refractivity (Wildman–Crippen MR) is 77.8 cm³/mol. The van der Waals surface area contributed by atoms with Crippen molar-refractivity contribution in [1.82, 2.24) is 10.3 Å². The summed E-state index contributed by atoms with van der Waals surface area (Å²) >= 11 is 0. The Bertz CT molecular complexity index is 493. The molecule has 1 aromatic carbocycles. The number of nitrogens with zero attached hydrogens (tertiary/aromatic N) is 1. The van der Waals surface area contributed by atoms with Crippen LogP contribution in [0.3, 0.4) is 0 Å². The van der Waals surface area contributed by atoms with E-state index in [-0.39, 0.29) is 0 Å². The fourth-order valence-corrected chi connectivity index (χ4v) is 2.36. The highest BCUT2D eigenvalue weighted by molar-refractivity contribution is 5.78. The smallest absolute Gasteiger partial charge is 0.0702 e. The summed E-state index contributed by atoms with van der Waals surface area (Å²) in [6.45, 7) is 5.47. The standard InChI is InChI=1S/C16H22N2/c1-3-15(17-4-2)9-7-13-8-10-16-14(12-13)6-5-11-18-16/h5-6,8,10-12,15,17H,3-4,7,9H2,1-2H3. The van der Waals surface area contributed by atoms with Gasteiger partial charge in [0.05, 0.1) is 5.52 Å². The van der Waals surface area contributed by atoms with Crippen LogP contribution in [0.2, 0.25) is 0 Å². The zero-order chi connectivity index (χ0) is 12.8. The van der Waals surface area contributed by atoms with Crippen molar-refractivity contribution in [3.05, 3.63) is 42.1 Å². The molecule has 0 saturated carbocycles. The van der Waals surface area contributed by atoms with Crippen LogP contribution in [0, 0.1) is 0 Å². The molecule has 2 heteroatoms. The zero-order valence-corrected chi connectivity index (χ0v) is 11.3. The first-order valence-electron chi connectivity index (χ1n) is 6.90. The van der Waals surface area contributed by atoms with Gasteiger partial charge in [-0.05, 0) is 49.6 Å². The lowest BCUT2D eigenvalue weighted by atomic mass is 10.0. The average molecular weight is 242 g/mol. The molecule has 0 aliphatic carbocycles. The average Bonchev–Trinajstić information content (AvgIpc) is 2.43. The Morgan fingerprint density at radius 1 is 1.22 bits per heavy atom. The van der Waals surface area contributed by atoms with Gasteiger partial charge in [-0.3, -0.25) is 4.98 Å². The molecular formula is C16H22N2. The van der Waals surface area contributed by atoms with Crippen LogP contribution in [0.1, 0.15) is 32.3 Å². The molecule has 1 unspecified atom stereocenters. The molecule has 0 fully saturated rings. The Morgan fingerprint density at radius 2 is 2.11 bits per heavy atom. The van der Waals surface area contributed by atoms with Crippen LogP contribution in [0.25, 0.3) is 10.9 Å². The number of nitrogens with one attached hydrogen (secondary N) is 1. The fraction of sp³-hybridized carbons (Fsp3) is 0.438. The van der Waals surface area contributed by atoms with E-state index in [0.717, 1.165) is 18.5 Å². The predicted octanol–water partition coefficient (Wildman–Crippen LogP) is 3.56. The van der Waals surface area contributed by atoms with Gasteiger partial charge in [0.1, 0.15) is 0 Å². The van der Waals surface area contributed by atoms with E-state index in [1.807, 2.05) is 12.3 Å². The molecule has 2 aromatic rings. The van der Waals surface area contributed by atoms with Gasteiger partial charge in [0.15, 0.2) is 0 Å². The molecule has 0 bridgehead atoms. The lowest BCUT2D eigenvalue weighted by Crippen LogP contribution is -2.28. The van der Waals surface area contributed by atoms with Gasteiger partial charge in [0.2, 0.25) is 0 Å².